The van der Waals surface area contributed by atoms with Crippen LogP contribution in [0.2, 0.25) is 0 Å². The number of rotatable bonds is 6. The molecule has 8 heteroatoms. The predicted molar refractivity (Wildman–Crippen MR) is 78.6 cm³/mol. The lowest BCUT2D eigenvalue weighted by Gasteiger charge is -2.22. The molecule has 5 N–H and O–H groups in total. The molecule has 0 saturated carbocycles. The van der Waals surface area contributed by atoms with Gasteiger partial charge >= 0.3 is 0 Å². The van der Waals surface area contributed by atoms with Gasteiger partial charge in [-0.15, -0.1) is 0 Å². The van der Waals surface area contributed by atoms with Gasteiger partial charge in [0, 0.05) is 6.54 Å². The first kappa shape index (κ1) is 17.6. The van der Waals surface area contributed by atoms with Gasteiger partial charge in [-0.2, -0.15) is 0 Å². The van der Waals surface area contributed by atoms with Crippen molar-refractivity contribution in [3.8, 4) is 5.75 Å². The largest absolute Gasteiger partial charge is 0.497 e. The molecule has 0 spiro atoms. The number of aliphatic hydroxyl groups is 4. The van der Waals surface area contributed by atoms with Crippen molar-refractivity contribution in [2.45, 2.75) is 30.5 Å². The zero-order chi connectivity index (χ0) is 17.0. The van der Waals surface area contributed by atoms with E-state index in [0.717, 1.165) is 5.56 Å². The molecule has 0 radical (unpaired) electrons. The van der Waals surface area contributed by atoms with Gasteiger partial charge in [0.1, 0.15) is 24.1 Å². The Bertz CT molecular complexity index is 535. The van der Waals surface area contributed by atoms with Gasteiger partial charge < -0.3 is 35.2 Å². The van der Waals surface area contributed by atoms with E-state index in [1.165, 1.54) is 0 Å². The van der Waals surface area contributed by atoms with Crippen molar-refractivity contribution in [3.63, 3.8) is 0 Å². The molecule has 0 unspecified atom stereocenters. The zero-order valence-corrected chi connectivity index (χ0v) is 12.7. The predicted octanol–water partition coefficient (Wildman–Crippen LogP) is -1.84. The highest BCUT2D eigenvalue weighted by Crippen LogP contribution is 2.28. The van der Waals surface area contributed by atoms with E-state index >= 15 is 0 Å². The van der Waals surface area contributed by atoms with Crippen molar-refractivity contribution in [1.29, 1.82) is 0 Å². The molecule has 1 amide bonds. The summed E-state index contributed by atoms with van der Waals surface area (Å²) in [5.41, 5.74) is 0.781. The van der Waals surface area contributed by atoms with Crippen LogP contribution in [0.25, 0.3) is 0 Å². The monoisotopic (exact) mass is 327 g/mol. The fraction of sp³-hybridized carbons (Fsp3) is 0.533. The normalized spacial score (nSPS) is 30.2. The Morgan fingerprint density at radius 3 is 2.52 bits per heavy atom. The van der Waals surface area contributed by atoms with Crippen LogP contribution in [-0.4, -0.2) is 70.7 Å². The lowest BCUT2D eigenvalue weighted by atomic mass is 10.1. The van der Waals surface area contributed by atoms with Gasteiger partial charge in [-0.3, -0.25) is 4.79 Å². The van der Waals surface area contributed by atoms with Crippen LogP contribution in [0.1, 0.15) is 5.56 Å². The molecule has 0 bridgehead atoms. The number of benzene rings is 1. The third-order valence-corrected chi connectivity index (χ3v) is 3.77. The smallest absolute Gasteiger partial charge is 0.224 e. The van der Waals surface area contributed by atoms with Crippen LogP contribution in [0.5, 0.6) is 5.75 Å². The fourth-order valence-corrected chi connectivity index (χ4v) is 2.37. The third-order valence-electron chi connectivity index (χ3n) is 3.77. The molecular formula is C15H21NO7. The van der Waals surface area contributed by atoms with Crippen molar-refractivity contribution in [2.24, 2.45) is 0 Å². The van der Waals surface area contributed by atoms with Crippen LogP contribution < -0.4 is 10.1 Å². The van der Waals surface area contributed by atoms with Gasteiger partial charge in [0.05, 0.1) is 20.1 Å². The molecule has 1 saturated heterocycles. The first-order valence-corrected chi connectivity index (χ1v) is 7.16. The molecule has 8 nitrogen and oxygen atoms in total. The van der Waals surface area contributed by atoms with Crippen LogP contribution in [-0.2, 0) is 16.0 Å². The van der Waals surface area contributed by atoms with Gasteiger partial charge in [0.25, 0.3) is 0 Å². The van der Waals surface area contributed by atoms with Crippen molar-refractivity contribution in [2.75, 3.05) is 20.3 Å². The van der Waals surface area contributed by atoms with Crippen LogP contribution in [0, 0.1) is 0 Å². The van der Waals surface area contributed by atoms with Gasteiger partial charge in [0.2, 0.25) is 11.7 Å². The van der Waals surface area contributed by atoms with Crippen molar-refractivity contribution in [1.82, 2.24) is 5.32 Å². The highest BCUT2D eigenvalue weighted by molar-refractivity contribution is 5.78. The molecule has 23 heavy (non-hydrogen) atoms. The summed E-state index contributed by atoms with van der Waals surface area (Å²) >= 11 is 0. The zero-order valence-electron chi connectivity index (χ0n) is 12.7. The lowest BCUT2D eigenvalue weighted by molar-refractivity contribution is -0.245. The van der Waals surface area contributed by atoms with Crippen LogP contribution in [0.15, 0.2) is 24.3 Å². The summed E-state index contributed by atoms with van der Waals surface area (Å²) in [6.45, 7) is -0.961. The molecule has 1 aliphatic rings. The minimum Gasteiger partial charge on any atom is -0.497 e. The first-order valence-electron chi connectivity index (χ1n) is 7.16. The minimum atomic E-state index is -2.22. The average molecular weight is 327 g/mol. The van der Waals surface area contributed by atoms with Crippen molar-refractivity contribution < 1.29 is 34.7 Å². The molecule has 128 valence electrons. The number of hydrogen-bond acceptors (Lipinski definition) is 7. The number of nitrogens with one attached hydrogen (secondary N) is 1. The van der Waals surface area contributed by atoms with Crippen molar-refractivity contribution in [3.05, 3.63) is 29.8 Å². The molecule has 1 aromatic rings. The van der Waals surface area contributed by atoms with E-state index in [1.807, 2.05) is 0 Å². The van der Waals surface area contributed by atoms with Gasteiger partial charge in [0.15, 0.2) is 0 Å². The van der Waals surface area contributed by atoms with E-state index in [9.17, 15) is 20.1 Å². The maximum Gasteiger partial charge on any atom is 0.224 e. The maximum atomic E-state index is 11.9. The highest BCUT2D eigenvalue weighted by Gasteiger charge is 2.52. The molecule has 1 aromatic carbocycles. The number of amides is 1. The Labute approximate surface area is 133 Å². The average Bonchev–Trinajstić information content (AvgIpc) is 2.78. The van der Waals surface area contributed by atoms with Crippen LogP contribution in [0.4, 0.5) is 0 Å². The second kappa shape index (κ2) is 7.24. The number of hydrogen-bond donors (Lipinski definition) is 5. The number of ether oxygens (including phenoxy) is 2. The maximum absolute atomic E-state index is 11.9. The molecule has 1 heterocycles. The van der Waals surface area contributed by atoms with Gasteiger partial charge in [-0.05, 0) is 17.7 Å². The van der Waals surface area contributed by atoms with Crippen LogP contribution in [0.3, 0.4) is 0 Å². The SMILES string of the molecule is COc1ccc(CC(=O)NC[C@@H]2O[C@](O)(CO)[C@@H](O)[C@@H]2O)cc1. The van der Waals surface area contributed by atoms with Gasteiger partial charge in [-0.1, -0.05) is 12.1 Å². The van der Waals surface area contributed by atoms with E-state index < -0.39 is 30.7 Å². The highest BCUT2D eigenvalue weighted by atomic mass is 16.7. The summed E-state index contributed by atoms with van der Waals surface area (Å²) in [7, 11) is 1.55. The van der Waals surface area contributed by atoms with E-state index in [0.29, 0.717) is 5.75 Å². The fourth-order valence-electron chi connectivity index (χ4n) is 2.37. The Hall–Kier alpha value is -1.71. The third kappa shape index (κ3) is 3.98. The van der Waals surface area contributed by atoms with E-state index in [2.05, 4.69) is 5.32 Å². The Morgan fingerprint density at radius 2 is 2.00 bits per heavy atom. The molecule has 1 aliphatic heterocycles. The first-order chi connectivity index (χ1) is 10.9. The summed E-state index contributed by atoms with van der Waals surface area (Å²) < 4.78 is 10.1. The minimum absolute atomic E-state index is 0.102. The Kier molecular flexibility index (Phi) is 5.55. The molecule has 2 rings (SSSR count). The quantitative estimate of drug-likeness (QED) is 0.415. The Morgan fingerprint density at radius 1 is 1.35 bits per heavy atom. The Balaban J connectivity index is 1.84. The summed E-state index contributed by atoms with van der Waals surface area (Å²) in [5, 5.41) is 40.7. The molecule has 4 atom stereocenters. The topological polar surface area (TPSA) is 128 Å². The standard InChI is InChI=1S/C15H21NO7/c1-22-10-4-2-9(3-5-10)6-12(18)16-7-11-13(19)14(20)15(21,8-17)23-11/h2-5,11,13-14,17,19-21H,6-8H2,1H3,(H,16,18)/t11-,13+,14-,15+/m0/s1. The molecule has 0 aromatic heterocycles. The van der Waals surface area contributed by atoms with Crippen LogP contribution >= 0.6 is 0 Å². The second-order valence-electron chi connectivity index (χ2n) is 5.42. The van der Waals surface area contributed by atoms with E-state index in [1.54, 1.807) is 31.4 Å². The summed E-state index contributed by atoms with van der Waals surface area (Å²) in [5.74, 6) is -1.83. The van der Waals surface area contributed by atoms with Crippen molar-refractivity contribution >= 4 is 5.91 Å². The number of aliphatic hydroxyl groups excluding tert-OH is 3. The lowest BCUT2D eigenvalue weighted by Crippen LogP contribution is -2.46. The summed E-state index contributed by atoms with van der Waals surface area (Å²) in [6.07, 6.45) is -3.94. The molecule has 1 fully saturated rings. The summed E-state index contributed by atoms with van der Waals surface area (Å²) in [4.78, 5) is 11.9. The van der Waals surface area contributed by atoms with E-state index in [4.69, 9.17) is 14.6 Å². The molecular weight excluding hydrogens is 306 g/mol. The van der Waals surface area contributed by atoms with Gasteiger partial charge in [-0.25, -0.2) is 0 Å². The van der Waals surface area contributed by atoms with E-state index in [-0.39, 0.29) is 18.9 Å². The summed E-state index contributed by atoms with van der Waals surface area (Å²) in [6, 6.07) is 7.00. The number of methoxy groups -OCH3 is 1. The number of carbonyl (C=O) groups excluding carboxylic acids is 1. The molecule has 0 aliphatic carbocycles. The number of carbonyl (C=O) groups is 1. The second-order valence-corrected chi connectivity index (χ2v) is 5.42.